The Balaban J connectivity index is 1.34. The molecule has 0 N–H and O–H groups in total. The van der Waals surface area contributed by atoms with Gasteiger partial charge in [-0.3, -0.25) is 4.98 Å². The number of hydrogen-bond donors (Lipinski definition) is 0. The Morgan fingerprint density at radius 3 is 1.90 bits per heavy atom. The van der Waals surface area contributed by atoms with Gasteiger partial charge in [0, 0.05) is 59.7 Å². The number of para-hydroxylation sites is 1. The second-order valence-electron chi connectivity index (χ2n) is 15.6. The molecule has 13 aromatic rings. The molecule has 4 aromatic heterocycles. The highest BCUT2D eigenvalue weighted by Crippen LogP contribution is 2.54. The fraction of sp³-hybridized carbons (Fsp3) is 0. The zero-order valence-corrected chi connectivity index (χ0v) is 33.2. The summed E-state index contributed by atoms with van der Waals surface area (Å²) in [4.78, 5) is 9.53. The van der Waals surface area contributed by atoms with Gasteiger partial charge < -0.3 is 9.13 Å². The molecule has 6 heteroatoms. The van der Waals surface area contributed by atoms with Crippen LogP contribution in [-0.2, 0) is 0 Å². The van der Waals surface area contributed by atoms with E-state index in [0.717, 1.165) is 98.1 Å². The van der Waals surface area contributed by atoms with E-state index in [9.17, 15) is 11.8 Å². The maximum absolute atomic E-state index is 11.8. The molecule has 0 unspecified atom stereocenters. The van der Waals surface area contributed by atoms with Gasteiger partial charge in [0.25, 0.3) is 0 Å². The molecule has 0 aliphatic heterocycles. The van der Waals surface area contributed by atoms with Gasteiger partial charge in [-0.1, -0.05) is 146 Å². The molecule has 0 saturated heterocycles. The molecule has 9 aromatic carbocycles. The van der Waals surface area contributed by atoms with Crippen LogP contribution in [0.3, 0.4) is 0 Å². The summed E-state index contributed by atoms with van der Waals surface area (Å²) in [6, 6.07) is 61.7. The number of hydrogen-bond acceptors (Lipinski definition) is 3. The van der Waals surface area contributed by atoms with E-state index in [4.69, 9.17) is 4.98 Å². The highest BCUT2D eigenvalue weighted by atomic mass is 32.1. The van der Waals surface area contributed by atoms with Gasteiger partial charge in [0.1, 0.15) is 6.07 Å². The highest BCUT2D eigenvalue weighted by molar-refractivity contribution is 7.26. The molecule has 61 heavy (non-hydrogen) atoms. The fourth-order valence-corrected chi connectivity index (χ4v) is 11.4. The molecule has 280 valence electrons. The van der Waals surface area contributed by atoms with Crippen molar-refractivity contribution in [1.82, 2.24) is 14.1 Å². The quantitative estimate of drug-likeness (QED) is 0.132. The monoisotopic (exact) mass is 791 g/mol. The second kappa shape index (κ2) is 12.6. The summed E-state index contributed by atoms with van der Waals surface area (Å²) in [7, 11) is 0. The Kier molecular flexibility index (Phi) is 6.96. The summed E-state index contributed by atoms with van der Waals surface area (Å²) in [5, 5.41) is 21.9. The first kappa shape index (κ1) is 33.7. The van der Waals surface area contributed by atoms with Crippen LogP contribution in [0.15, 0.2) is 176 Å². The van der Waals surface area contributed by atoms with Crippen LogP contribution in [0.5, 0.6) is 0 Å². The third-order valence-electron chi connectivity index (χ3n) is 12.6. The third-order valence-corrected chi connectivity index (χ3v) is 13.8. The van der Waals surface area contributed by atoms with E-state index >= 15 is 0 Å². The van der Waals surface area contributed by atoms with Crippen LogP contribution in [0, 0.1) is 17.9 Å². The van der Waals surface area contributed by atoms with Crippen molar-refractivity contribution >= 4 is 102 Å². The van der Waals surface area contributed by atoms with Gasteiger partial charge in [-0.2, -0.15) is 5.26 Å². The third kappa shape index (κ3) is 4.44. The van der Waals surface area contributed by atoms with E-state index in [-0.39, 0.29) is 0 Å². The molecular formula is C55H29N5S. The van der Waals surface area contributed by atoms with Crippen molar-refractivity contribution in [3.8, 4) is 39.7 Å². The molecule has 0 amide bonds. The Bertz CT molecular complexity index is 3980. The maximum atomic E-state index is 11.8. The van der Waals surface area contributed by atoms with Gasteiger partial charge in [-0.15, -0.1) is 11.3 Å². The first-order chi connectivity index (χ1) is 30.2. The molecule has 0 aliphatic rings. The van der Waals surface area contributed by atoms with Gasteiger partial charge >= 0.3 is 0 Å². The standard InChI is InChI=1S/C55H29N5S/c1-57-51-46(32-15-4-2-5-16-32)41(31-56)52(60-42-24-12-10-20-35(42)39-27-28-40-36-21-11-13-26-45(36)61-55(40)53(39)60)47(33-17-6-3-7-18-33)54(51)59-43-25-14-23-37-34-19-8-9-22-38(34)50-49(48(37)43)44(59)29-30-58-50/h2-30H. The molecule has 0 saturated carbocycles. The van der Waals surface area contributed by atoms with Crippen molar-refractivity contribution in [2.45, 2.75) is 0 Å². The minimum Gasteiger partial charge on any atom is -0.318 e. The summed E-state index contributed by atoms with van der Waals surface area (Å²) in [6.07, 6.45) is 1.89. The molecular weight excluding hydrogens is 763 g/mol. The van der Waals surface area contributed by atoms with Crippen LogP contribution >= 0.6 is 11.3 Å². The summed E-state index contributed by atoms with van der Waals surface area (Å²) < 4.78 is 6.99. The lowest BCUT2D eigenvalue weighted by atomic mass is 9.88. The van der Waals surface area contributed by atoms with E-state index in [0.29, 0.717) is 16.8 Å². The Morgan fingerprint density at radius 2 is 1.13 bits per heavy atom. The van der Waals surface area contributed by atoms with Crippen LogP contribution in [0.1, 0.15) is 5.56 Å². The number of benzene rings is 9. The number of thiophene rings is 1. The molecule has 0 spiro atoms. The molecule has 0 bridgehead atoms. The number of pyridine rings is 1. The largest absolute Gasteiger partial charge is 0.318 e. The first-order valence-corrected chi connectivity index (χ1v) is 21.0. The molecule has 0 radical (unpaired) electrons. The van der Waals surface area contributed by atoms with Crippen LogP contribution in [0.25, 0.3) is 124 Å². The summed E-state index contributed by atoms with van der Waals surface area (Å²) in [5.41, 5.74) is 10.3. The van der Waals surface area contributed by atoms with Crippen molar-refractivity contribution in [2.75, 3.05) is 0 Å². The van der Waals surface area contributed by atoms with Crippen LogP contribution in [0.2, 0.25) is 0 Å². The first-order valence-electron chi connectivity index (χ1n) is 20.2. The Labute approximate surface area is 353 Å². The lowest BCUT2D eigenvalue weighted by Crippen LogP contribution is -2.08. The van der Waals surface area contributed by atoms with Crippen molar-refractivity contribution in [3.63, 3.8) is 0 Å². The minimum absolute atomic E-state index is 0.414. The van der Waals surface area contributed by atoms with E-state index in [1.165, 1.54) is 15.5 Å². The smallest absolute Gasteiger partial charge is 0.220 e. The average molecular weight is 792 g/mol. The number of nitrogens with zero attached hydrogens (tertiary/aromatic N) is 5. The molecule has 0 aliphatic carbocycles. The molecule has 4 heterocycles. The summed E-state index contributed by atoms with van der Waals surface area (Å²) in [5.74, 6) is 0. The van der Waals surface area contributed by atoms with E-state index in [1.54, 1.807) is 11.3 Å². The van der Waals surface area contributed by atoms with Gasteiger partial charge in [0.15, 0.2) is 0 Å². The topological polar surface area (TPSA) is 50.9 Å². The van der Waals surface area contributed by atoms with Crippen molar-refractivity contribution in [1.29, 1.82) is 5.26 Å². The van der Waals surface area contributed by atoms with Crippen LogP contribution < -0.4 is 0 Å². The minimum atomic E-state index is 0.414. The van der Waals surface area contributed by atoms with Gasteiger partial charge in [0.05, 0.1) is 55.8 Å². The number of fused-ring (bicyclic) bond motifs is 10. The van der Waals surface area contributed by atoms with Crippen molar-refractivity contribution in [3.05, 3.63) is 193 Å². The van der Waals surface area contributed by atoms with E-state index < -0.39 is 0 Å². The van der Waals surface area contributed by atoms with E-state index in [1.807, 2.05) is 54.7 Å². The van der Waals surface area contributed by atoms with Gasteiger partial charge in [0.2, 0.25) is 5.69 Å². The van der Waals surface area contributed by atoms with Crippen molar-refractivity contribution in [2.24, 2.45) is 0 Å². The zero-order valence-electron chi connectivity index (χ0n) is 32.4. The SMILES string of the molecule is [C-]#[N+]c1c(-c2ccccc2)c(C#N)c(-n2c3ccccc3c3ccc4c5ccccc5sc4c32)c(-c2ccccc2)c1-n1c2cccc3c4ccccc4c4nccc1c4c32. The average Bonchev–Trinajstić information content (AvgIpc) is 3.99. The number of aromatic nitrogens is 3. The van der Waals surface area contributed by atoms with Crippen LogP contribution in [-0.4, -0.2) is 14.1 Å². The number of nitriles is 1. The molecule has 5 nitrogen and oxygen atoms in total. The van der Waals surface area contributed by atoms with Crippen molar-refractivity contribution < 1.29 is 0 Å². The molecule has 0 fully saturated rings. The predicted octanol–water partition coefficient (Wildman–Crippen LogP) is 15.1. The zero-order chi connectivity index (χ0) is 40.3. The Hall–Kier alpha value is -8.29. The fourth-order valence-electron chi connectivity index (χ4n) is 10.2. The lowest BCUT2D eigenvalue weighted by molar-refractivity contribution is 1.14. The summed E-state index contributed by atoms with van der Waals surface area (Å²) in [6.45, 7) is 9.19. The van der Waals surface area contributed by atoms with Gasteiger partial charge in [-0.25, -0.2) is 4.85 Å². The molecule has 0 atom stereocenters. The Morgan fingerprint density at radius 1 is 0.508 bits per heavy atom. The predicted molar refractivity (Wildman–Crippen MR) is 254 cm³/mol. The normalized spacial score (nSPS) is 11.9. The van der Waals surface area contributed by atoms with Crippen LogP contribution in [0.4, 0.5) is 5.69 Å². The maximum Gasteiger partial charge on any atom is 0.220 e. The van der Waals surface area contributed by atoms with E-state index in [2.05, 4.69) is 141 Å². The number of rotatable bonds is 4. The highest BCUT2D eigenvalue weighted by Gasteiger charge is 2.33. The molecule has 13 rings (SSSR count). The second-order valence-corrected chi connectivity index (χ2v) is 16.6. The lowest BCUT2D eigenvalue weighted by Gasteiger charge is -2.25. The summed E-state index contributed by atoms with van der Waals surface area (Å²) >= 11 is 1.78. The van der Waals surface area contributed by atoms with Gasteiger partial charge in [-0.05, 0) is 46.2 Å².